The highest BCUT2D eigenvalue weighted by molar-refractivity contribution is 7.90. The van der Waals surface area contributed by atoms with E-state index >= 15 is 0 Å². The van der Waals surface area contributed by atoms with Crippen molar-refractivity contribution in [3.63, 3.8) is 0 Å². The summed E-state index contributed by atoms with van der Waals surface area (Å²) in [6.45, 7) is 4.21. The third kappa shape index (κ3) is 2.67. The molecule has 116 valence electrons. The predicted molar refractivity (Wildman–Crippen MR) is 91.4 cm³/mol. The Balaban J connectivity index is 2.09. The summed E-state index contributed by atoms with van der Waals surface area (Å²) in [6.07, 6.45) is 0.948. The maximum atomic E-state index is 11.8. The van der Waals surface area contributed by atoms with Crippen LogP contribution in [-0.2, 0) is 16.6 Å². The molecule has 0 fully saturated rings. The smallest absolute Gasteiger partial charge is 0.299 e. The Kier molecular flexibility index (Phi) is 3.80. The Morgan fingerprint density at radius 3 is 2.64 bits per heavy atom. The lowest BCUT2D eigenvalue weighted by Crippen LogP contribution is -2.29. The van der Waals surface area contributed by atoms with E-state index in [4.69, 9.17) is 0 Å². The van der Waals surface area contributed by atoms with Gasteiger partial charge >= 0.3 is 0 Å². The third-order valence-corrected chi connectivity index (χ3v) is 4.86. The molecule has 1 heterocycles. The summed E-state index contributed by atoms with van der Waals surface area (Å²) in [4.78, 5) is 3.40. The first-order valence-electron chi connectivity index (χ1n) is 7.34. The first-order chi connectivity index (χ1) is 10.5. The molecule has 0 spiro atoms. The lowest BCUT2D eigenvalue weighted by atomic mass is 10.1. The molecule has 0 bridgehead atoms. The number of nitrogens with one attached hydrogen (secondary N) is 3. The molecule has 22 heavy (non-hydrogen) atoms. The molecule has 0 radical (unpaired) electrons. The van der Waals surface area contributed by atoms with Crippen LogP contribution in [0.15, 0.2) is 36.4 Å². The van der Waals surface area contributed by atoms with E-state index in [9.17, 15) is 8.42 Å². The van der Waals surface area contributed by atoms with Gasteiger partial charge in [-0.15, -0.1) is 0 Å². The molecule has 0 unspecified atom stereocenters. The molecular formula is C16H19N3O2S. The molecule has 0 atom stereocenters. The highest BCUT2D eigenvalue weighted by atomic mass is 32.2. The van der Waals surface area contributed by atoms with Gasteiger partial charge in [0.1, 0.15) is 0 Å². The highest BCUT2D eigenvalue weighted by Gasteiger charge is 2.11. The van der Waals surface area contributed by atoms with E-state index in [0.717, 1.165) is 28.2 Å². The minimum atomic E-state index is -3.51. The van der Waals surface area contributed by atoms with Gasteiger partial charge in [-0.3, -0.25) is 4.72 Å². The summed E-state index contributed by atoms with van der Waals surface area (Å²) in [7, 11) is -3.51. The van der Waals surface area contributed by atoms with Crippen molar-refractivity contribution in [1.82, 2.24) is 9.71 Å². The van der Waals surface area contributed by atoms with Crippen LogP contribution in [0.25, 0.3) is 21.8 Å². The van der Waals surface area contributed by atoms with Gasteiger partial charge in [-0.1, -0.05) is 38.1 Å². The molecule has 0 saturated heterocycles. The van der Waals surface area contributed by atoms with Gasteiger partial charge in [-0.05, 0) is 24.1 Å². The summed E-state index contributed by atoms with van der Waals surface area (Å²) >= 11 is 0. The van der Waals surface area contributed by atoms with Crippen molar-refractivity contribution in [2.45, 2.75) is 20.3 Å². The van der Waals surface area contributed by atoms with Gasteiger partial charge in [-0.25, -0.2) is 0 Å². The molecule has 0 aliphatic carbocycles. The molecule has 5 nitrogen and oxygen atoms in total. The Hall–Kier alpha value is -2.05. The zero-order valence-corrected chi connectivity index (χ0v) is 13.4. The van der Waals surface area contributed by atoms with E-state index in [-0.39, 0.29) is 0 Å². The van der Waals surface area contributed by atoms with Crippen molar-refractivity contribution in [2.24, 2.45) is 0 Å². The standard InChI is InChI=1S/C16H19N3O2S/c1-3-11-6-5-7-14-13-9-8-12(10-15(13)18-16(11)14)19-22(20,21)17-4-2/h5-10,17-19H,3-4H2,1-2H3. The van der Waals surface area contributed by atoms with Crippen LogP contribution in [0.2, 0.25) is 0 Å². The highest BCUT2D eigenvalue weighted by Crippen LogP contribution is 2.29. The fraction of sp³-hybridized carbons (Fsp3) is 0.250. The summed E-state index contributed by atoms with van der Waals surface area (Å²) in [6, 6.07) is 11.8. The number of fused-ring (bicyclic) bond motifs is 3. The minimum absolute atomic E-state index is 0.351. The molecule has 0 saturated carbocycles. The number of aryl methyl sites for hydroxylation is 1. The van der Waals surface area contributed by atoms with Gasteiger partial charge in [0.05, 0.1) is 5.69 Å². The van der Waals surface area contributed by atoms with Gasteiger partial charge in [0.2, 0.25) is 0 Å². The Morgan fingerprint density at radius 1 is 1.09 bits per heavy atom. The number of anilines is 1. The van der Waals surface area contributed by atoms with E-state index in [1.54, 1.807) is 13.0 Å². The van der Waals surface area contributed by atoms with Crippen LogP contribution >= 0.6 is 0 Å². The molecule has 2 aromatic carbocycles. The summed E-state index contributed by atoms with van der Waals surface area (Å²) < 4.78 is 28.5. The Labute approximate surface area is 129 Å². The van der Waals surface area contributed by atoms with E-state index in [2.05, 4.69) is 39.6 Å². The molecule has 6 heteroatoms. The average Bonchev–Trinajstić information content (AvgIpc) is 2.84. The van der Waals surface area contributed by atoms with Gasteiger partial charge < -0.3 is 4.98 Å². The average molecular weight is 317 g/mol. The second kappa shape index (κ2) is 5.62. The topological polar surface area (TPSA) is 74.0 Å². The van der Waals surface area contributed by atoms with Crippen LogP contribution < -0.4 is 9.44 Å². The number of aromatic nitrogens is 1. The summed E-state index contributed by atoms with van der Waals surface area (Å²) in [5.74, 6) is 0. The first kappa shape index (κ1) is 14.9. The second-order valence-electron chi connectivity index (χ2n) is 5.18. The van der Waals surface area contributed by atoms with Crippen LogP contribution in [0.1, 0.15) is 19.4 Å². The first-order valence-corrected chi connectivity index (χ1v) is 8.83. The van der Waals surface area contributed by atoms with Crippen molar-refractivity contribution < 1.29 is 8.42 Å². The quantitative estimate of drug-likeness (QED) is 0.676. The van der Waals surface area contributed by atoms with Gasteiger partial charge in [0.25, 0.3) is 10.2 Å². The molecule has 3 rings (SSSR count). The van der Waals surface area contributed by atoms with E-state index < -0.39 is 10.2 Å². The summed E-state index contributed by atoms with van der Waals surface area (Å²) in [5, 5.41) is 2.26. The number of hydrogen-bond donors (Lipinski definition) is 3. The number of benzene rings is 2. The molecule has 3 aromatic rings. The zero-order chi connectivity index (χ0) is 15.7. The predicted octanol–water partition coefficient (Wildman–Crippen LogP) is 3.15. The monoisotopic (exact) mass is 317 g/mol. The van der Waals surface area contributed by atoms with Crippen LogP contribution in [0.4, 0.5) is 5.69 Å². The Morgan fingerprint density at radius 2 is 1.91 bits per heavy atom. The van der Waals surface area contributed by atoms with Crippen LogP contribution in [0.3, 0.4) is 0 Å². The zero-order valence-electron chi connectivity index (χ0n) is 12.6. The number of para-hydroxylation sites is 1. The minimum Gasteiger partial charge on any atom is -0.354 e. The number of rotatable bonds is 5. The fourth-order valence-electron chi connectivity index (χ4n) is 2.73. The third-order valence-electron chi connectivity index (χ3n) is 3.69. The van der Waals surface area contributed by atoms with Crippen molar-refractivity contribution >= 4 is 37.7 Å². The van der Waals surface area contributed by atoms with Crippen molar-refractivity contribution in [1.29, 1.82) is 0 Å². The Bertz CT molecular complexity index is 929. The van der Waals surface area contributed by atoms with Gasteiger partial charge in [-0.2, -0.15) is 13.1 Å². The molecular weight excluding hydrogens is 298 g/mol. The van der Waals surface area contributed by atoms with E-state index in [1.165, 1.54) is 5.56 Å². The van der Waals surface area contributed by atoms with Gasteiger partial charge in [0.15, 0.2) is 0 Å². The molecule has 3 N–H and O–H groups in total. The number of hydrogen-bond acceptors (Lipinski definition) is 2. The second-order valence-corrected chi connectivity index (χ2v) is 6.68. The van der Waals surface area contributed by atoms with Gasteiger partial charge in [0, 0.05) is 28.4 Å². The van der Waals surface area contributed by atoms with Crippen LogP contribution in [0.5, 0.6) is 0 Å². The molecule has 0 amide bonds. The van der Waals surface area contributed by atoms with Crippen molar-refractivity contribution in [3.05, 3.63) is 42.0 Å². The lowest BCUT2D eigenvalue weighted by molar-refractivity contribution is 0.589. The van der Waals surface area contributed by atoms with Crippen molar-refractivity contribution in [3.8, 4) is 0 Å². The molecule has 0 aliphatic heterocycles. The normalized spacial score (nSPS) is 12.1. The maximum absolute atomic E-state index is 11.8. The number of aromatic amines is 1. The maximum Gasteiger partial charge on any atom is 0.299 e. The van der Waals surface area contributed by atoms with E-state index in [0.29, 0.717) is 12.2 Å². The fourth-order valence-corrected chi connectivity index (χ4v) is 3.62. The molecule has 0 aliphatic rings. The van der Waals surface area contributed by atoms with Crippen LogP contribution in [0, 0.1) is 0 Å². The van der Waals surface area contributed by atoms with Crippen molar-refractivity contribution in [2.75, 3.05) is 11.3 Å². The SMILES string of the molecule is CCNS(=O)(=O)Nc1ccc2c(c1)[nH]c1c(CC)cccc12. The lowest BCUT2D eigenvalue weighted by Gasteiger charge is -2.07. The van der Waals surface area contributed by atoms with Crippen LogP contribution in [-0.4, -0.2) is 19.9 Å². The van der Waals surface area contributed by atoms with E-state index in [1.807, 2.05) is 12.1 Å². The largest absolute Gasteiger partial charge is 0.354 e. The number of H-pyrrole nitrogens is 1. The summed E-state index contributed by atoms with van der Waals surface area (Å²) in [5.41, 5.74) is 3.83. The molecule has 1 aromatic heterocycles.